The minimum absolute atomic E-state index is 0.0173. The van der Waals surface area contributed by atoms with Crippen LogP contribution >= 0.6 is 0 Å². The van der Waals surface area contributed by atoms with Crippen LogP contribution in [-0.2, 0) is 0 Å². The van der Waals surface area contributed by atoms with Gasteiger partial charge in [-0.05, 0) is 49.4 Å². The first-order chi connectivity index (χ1) is 15.6. The highest BCUT2D eigenvalue weighted by Crippen LogP contribution is 2.38. The van der Waals surface area contributed by atoms with Gasteiger partial charge in [-0.15, -0.1) is 0 Å². The maximum absolute atomic E-state index is 13.1. The average Bonchev–Trinajstić information content (AvgIpc) is 3.00. The highest BCUT2D eigenvalue weighted by Gasteiger charge is 2.31. The fourth-order valence-corrected chi connectivity index (χ4v) is 4.25. The second kappa shape index (κ2) is 8.20. The summed E-state index contributed by atoms with van der Waals surface area (Å²) in [5.74, 6) is 2.31. The van der Waals surface area contributed by atoms with Gasteiger partial charge in [0.25, 0.3) is 5.91 Å². The van der Waals surface area contributed by atoms with Crippen molar-refractivity contribution in [1.82, 2.24) is 9.80 Å². The number of benzene rings is 3. The number of amidine groups is 1. The number of aliphatic imine (C=N–C) groups is 1. The van der Waals surface area contributed by atoms with Crippen LogP contribution in [0.3, 0.4) is 0 Å². The van der Waals surface area contributed by atoms with Crippen LogP contribution in [0, 0.1) is 11.3 Å². The Labute approximate surface area is 187 Å². The molecule has 5 rings (SSSR count). The maximum atomic E-state index is 13.1. The van der Waals surface area contributed by atoms with E-state index in [1.165, 1.54) is 0 Å². The molecule has 0 saturated carbocycles. The second-order valence-corrected chi connectivity index (χ2v) is 7.99. The first-order valence-corrected chi connectivity index (χ1v) is 10.6. The van der Waals surface area contributed by atoms with E-state index in [2.05, 4.69) is 11.0 Å². The minimum atomic E-state index is -0.0499. The van der Waals surface area contributed by atoms with Crippen molar-refractivity contribution in [3.63, 3.8) is 0 Å². The van der Waals surface area contributed by atoms with E-state index >= 15 is 0 Å². The lowest BCUT2D eigenvalue weighted by Crippen LogP contribution is -2.55. The third kappa shape index (κ3) is 3.58. The van der Waals surface area contributed by atoms with Crippen LogP contribution in [0.25, 0.3) is 0 Å². The van der Waals surface area contributed by atoms with Crippen molar-refractivity contribution in [2.24, 2.45) is 4.99 Å². The molecule has 158 valence electrons. The summed E-state index contributed by atoms with van der Waals surface area (Å²) in [4.78, 5) is 22.2. The van der Waals surface area contributed by atoms with E-state index in [1.54, 1.807) is 24.3 Å². The van der Waals surface area contributed by atoms with Crippen LogP contribution in [0.1, 0.15) is 28.4 Å². The summed E-state index contributed by atoms with van der Waals surface area (Å²) in [6.45, 7) is 3.93. The Bertz CT molecular complexity index is 1260. The molecule has 6 nitrogen and oxygen atoms in total. The van der Waals surface area contributed by atoms with Gasteiger partial charge in [0.2, 0.25) is 0 Å². The Hall–Kier alpha value is -4.11. The van der Waals surface area contributed by atoms with Gasteiger partial charge in [-0.1, -0.05) is 30.3 Å². The number of rotatable bonds is 1. The van der Waals surface area contributed by atoms with Crippen molar-refractivity contribution < 1.29 is 9.53 Å². The van der Waals surface area contributed by atoms with Crippen LogP contribution < -0.4 is 4.74 Å². The topological polar surface area (TPSA) is 68.9 Å². The predicted octanol–water partition coefficient (Wildman–Crippen LogP) is 4.59. The Morgan fingerprint density at radius 2 is 1.81 bits per heavy atom. The molecule has 0 N–H and O–H groups in total. The molecule has 1 fully saturated rings. The van der Waals surface area contributed by atoms with Gasteiger partial charge < -0.3 is 14.5 Å². The normalized spacial score (nSPS) is 17.2. The molecule has 3 aromatic carbocycles. The smallest absolute Gasteiger partial charge is 0.254 e. The van der Waals surface area contributed by atoms with Crippen LogP contribution in [0.4, 0.5) is 5.69 Å². The minimum Gasteiger partial charge on any atom is -0.454 e. The van der Waals surface area contributed by atoms with Crippen molar-refractivity contribution >= 4 is 17.4 Å². The van der Waals surface area contributed by atoms with Gasteiger partial charge in [-0.3, -0.25) is 4.79 Å². The van der Waals surface area contributed by atoms with Gasteiger partial charge in [0.15, 0.2) is 5.75 Å². The van der Waals surface area contributed by atoms with Crippen molar-refractivity contribution in [3.8, 4) is 17.6 Å². The largest absolute Gasteiger partial charge is 0.454 e. The second-order valence-electron chi connectivity index (χ2n) is 7.99. The van der Waals surface area contributed by atoms with E-state index in [-0.39, 0.29) is 11.9 Å². The summed E-state index contributed by atoms with van der Waals surface area (Å²) in [5.41, 5.74) is 2.77. The molecule has 3 aromatic rings. The Morgan fingerprint density at radius 3 is 2.62 bits per heavy atom. The van der Waals surface area contributed by atoms with Crippen LogP contribution in [0.5, 0.6) is 11.5 Å². The Morgan fingerprint density at radius 1 is 1.03 bits per heavy atom. The number of carbonyl (C=O) groups is 1. The number of piperazine rings is 1. The molecule has 6 heteroatoms. The molecule has 0 aromatic heterocycles. The summed E-state index contributed by atoms with van der Waals surface area (Å²) in [5, 5.41) is 9.15. The highest BCUT2D eigenvalue weighted by molar-refractivity contribution is 6.04. The van der Waals surface area contributed by atoms with Crippen molar-refractivity contribution in [3.05, 3.63) is 89.5 Å². The van der Waals surface area contributed by atoms with Gasteiger partial charge in [-0.2, -0.15) is 5.26 Å². The standard InChI is InChI=1S/C26H22N4O2/c1-18-17-29(13-14-30(18)26(31)20-8-6-7-19(15-20)16-27)25-21-9-2-4-11-23(21)32-24-12-5-3-10-22(24)28-25/h2-12,15,18H,13-14,17H2,1H3/t18-/m1/s1. The summed E-state index contributed by atoms with van der Waals surface area (Å²) >= 11 is 0. The molecule has 1 saturated heterocycles. The summed E-state index contributed by atoms with van der Waals surface area (Å²) < 4.78 is 6.16. The Balaban J connectivity index is 1.43. The third-order valence-corrected chi connectivity index (χ3v) is 5.87. The fourth-order valence-electron chi connectivity index (χ4n) is 4.25. The Kier molecular flexibility index (Phi) is 5.08. The number of nitriles is 1. The van der Waals surface area contributed by atoms with E-state index in [1.807, 2.05) is 60.4 Å². The number of para-hydroxylation sites is 3. The summed E-state index contributed by atoms with van der Waals surface area (Å²) in [6, 6.07) is 24.7. The predicted molar refractivity (Wildman–Crippen MR) is 122 cm³/mol. The first-order valence-electron chi connectivity index (χ1n) is 10.6. The van der Waals surface area contributed by atoms with Gasteiger partial charge in [0.05, 0.1) is 17.2 Å². The number of hydrogen-bond acceptors (Lipinski definition) is 5. The zero-order valence-electron chi connectivity index (χ0n) is 17.7. The fraction of sp³-hybridized carbons (Fsp3) is 0.192. The number of carbonyl (C=O) groups excluding carboxylic acids is 1. The molecule has 2 aliphatic heterocycles. The van der Waals surface area contributed by atoms with Crippen LogP contribution in [0.15, 0.2) is 77.8 Å². The zero-order chi connectivity index (χ0) is 22.1. The molecule has 32 heavy (non-hydrogen) atoms. The van der Waals surface area contributed by atoms with Gasteiger partial charge in [0.1, 0.15) is 17.3 Å². The highest BCUT2D eigenvalue weighted by atomic mass is 16.5. The van der Waals surface area contributed by atoms with E-state index in [0.717, 1.165) is 28.6 Å². The molecule has 2 aliphatic rings. The first kappa shape index (κ1) is 19.8. The van der Waals surface area contributed by atoms with Crippen LogP contribution in [0.2, 0.25) is 0 Å². The average molecular weight is 422 g/mol. The van der Waals surface area contributed by atoms with Gasteiger partial charge in [0, 0.05) is 31.2 Å². The monoisotopic (exact) mass is 422 g/mol. The van der Waals surface area contributed by atoms with Gasteiger partial charge in [-0.25, -0.2) is 4.99 Å². The van der Waals surface area contributed by atoms with E-state index < -0.39 is 0 Å². The van der Waals surface area contributed by atoms with E-state index in [9.17, 15) is 4.79 Å². The molecule has 0 unspecified atom stereocenters. The van der Waals surface area contributed by atoms with Gasteiger partial charge >= 0.3 is 0 Å². The lowest BCUT2D eigenvalue weighted by molar-refractivity contribution is 0.0581. The summed E-state index contributed by atoms with van der Waals surface area (Å²) in [6.07, 6.45) is 0. The van der Waals surface area contributed by atoms with Crippen molar-refractivity contribution in [2.75, 3.05) is 19.6 Å². The van der Waals surface area contributed by atoms with Crippen molar-refractivity contribution in [2.45, 2.75) is 13.0 Å². The SMILES string of the molecule is C[C@@H]1CN(C2=Nc3ccccc3Oc3ccccc32)CCN1C(=O)c1cccc(C#N)c1. The lowest BCUT2D eigenvalue weighted by atomic mass is 10.1. The third-order valence-electron chi connectivity index (χ3n) is 5.87. The number of fused-ring (bicyclic) bond motifs is 2. The number of hydrogen-bond donors (Lipinski definition) is 0. The molecule has 1 amide bonds. The molecule has 0 aliphatic carbocycles. The van der Waals surface area contributed by atoms with Crippen LogP contribution in [-0.4, -0.2) is 47.2 Å². The molecule has 1 atom stereocenters. The van der Waals surface area contributed by atoms with E-state index in [0.29, 0.717) is 30.8 Å². The molecule has 2 heterocycles. The molecule has 0 radical (unpaired) electrons. The van der Waals surface area contributed by atoms with Crippen molar-refractivity contribution in [1.29, 1.82) is 5.26 Å². The van der Waals surface area contributed by atoms with E-state index in [4.69, 9.17) is 15.0 Å². The number of nitrogens with zero attached hydrogens (tertiary/aromatic N) is 4. The summed E-state index contributed by atoms with van der Waals surface area (Å²) in [7, 11) is 0. The zero-order valence-corrected chi connectivity index (χ0v) is 17.7. The molecular formula is C26H22N4O2. The molecular weight excluding hydrogens is 400 g/mol. The quantitative estimate of drug-likeness (QED) is 0.575. The molecule has 0 spiro atoms. The number of amides is 1. The lowest BCUT2D eigenvalue weighted by Gasteiger charge is -2.41. The molecule has 0 bridgehead atoms. The maximum Gasteiger partial charge on any atom is 0.254 e. The number of ether oxygens (including phenoxy) is 1.